The number of carbonyl (C=O) groups is 1. The predicted octanol–water partition coefficient (Wildman–Crippen LogP) is 6.70. The summed E-state index contributed by atoms with van der Waals surface area (Å²) in [6, 6.07) is 16.8. The van der Waals surface area contributed by atoms with Crippen LogP contribution in [0, 0.1) is 0 Å². The molecule has 0 aliphatic carbocycles. The number of aromatic nitrogens is 2. The molecule has 4 aromatic rings. The van der Waals surface area contributed by atoms with Crippen molar-refractivity contribution >= 4 is 22.9 Å². The van der Waals surface area contributed by atoms with Crippen molar-refractivity contribution in [1.29, 1.82) is 0 Å². The normalized spacial score (nSPS) is 10.6. The number of hydrogen-bond donors (Lipinski definition) is 1. The van der Waals surface area contributed by atoms with E-state index in [1.165, 1.54) is 0 Å². The lowest BCUT2D eigenvalue weighted by molar-refractivity contribution is 0.102. The Hall–Kier alpha value is -3.71. The summed E-state index contributed by atoms with van der Waals surface area (Å²) in [5.74, 6) is 1.01. The van der Waals surface area contributed by atoms with Crippen LogP contribution in [0.2, 0.25) is 0 Å². The number of hydrogen-bond acceptors (Lipinski definition) is 6. The smallest absolute Gasteiger partial charge is 0.255 e. The van der Waals surface area contributed by atoms with E-state index in [4.69, 9.17) is 14.5 Å². The highest BCUT2D eigenvalue weighted by molar-refractivity contribution is 7.13. The topological polar surface area (TPSA) is 73.3 Å². The molecule has 1 N–H and O–H groups in total. The first kappa shape index (κ1) is 23.4. The second-order valence-corrected chi connectivity index (χ2v) is 8.47. The number of nitrogens with one attached hydrogen (secondary N) is 1. The van der Waals surface area contributed by atoms with Crippen molar-refractivity contribution in [2.24, 2.45) is 0 Å². The summed E-state index contributed by atoms with van der Waals surface area (Å²) >= 11 is 1.56. The highest BCUT2D eigenvalue weighted by Crippen LogP contribution is 2.31. The number of anilines is 1. The molecule has 0 bridgehead atoms. The van der Waals surface area contributed by atoms with E-state index in [9.17, 15) is 4.79 Å². The molecule has 174 valence electrons. The van der Waals surface area contributed by atoms with Crippen LogP contribution in [0.5, 0.6) is 11.5 Å². The first-order chi connectivity index (χ1) is 16.7. The monoisotopic (exact) mass is 473 g/mol. The van der Waals surface area contributed by atoms with Crippen LogP contribution in [0.3, 0.4) is 0 Å². The summed E-state index contributed by atoms with van der Waals surface area (Å²) < 4.78 is 11.5. The third kappa shape index (κ3) is 5.80. The van der Waals surface area contributed by atoms with Crippen LogP contribution in [0.1, 0.15) is 37.0 Å². The van der Waals surface area contributed by atoms with E-state index >= 15 is 0 Å². The predicted molar refractivity (Wildman–Crippen MR) is 137 cm³/mol. The fourth-order valence-electron chi connectivity index (χ4n) is 3.35. The number of ether oxygens (including phenoxy) is 2. The van der Waals surface area contributed by atoms with Gasteiger partial charge in [-0.1, -0.05) is 25.5 Å². The average molecular weight is 474 g/mol. The number of unbranched alkanes of at least 4 members (excludes halogenated alkanes) is 1. The van der Waals surface area contributed by atoms with Crippen LogP contribution >= 0.6 is 11.3 Å². The number of amides is 1. The summed E-state index contributed by atoms with van der Waals surface area (Å²) in [6.45, 7) is 5.13. The van der Waals surface area contributed by atoms with Gasteiger partial charge in [-0.25, -0.2) is 4.98 Å². The quantitative estimate of drug-likeness (QED) is 0.259. The number of pyridine rings is 1. The highest BCUT2D eigenvalue weighted by Gasteiger charge is 2.13. The molecule has 0 fully saturated rings. The summed E-state index contributed by atoms with van der Waals surface area (Å²) in [6.07, 6.45) is 5.56. The summed E-state index contributed by atoms with van der Waals surface area (Å²) in [4.78, 5) is 21.9. The van der Waals surface area contributed by atoms with Crippen LogP contribution in [0.15, 0.2) is 72.4 Å². The SMILES string of the molecule is CCCCOc1ccc(C(=O)Nc2cccc(-c3csc(-c4cccnc4)n3)c2)cc1OCC. The van der Waals surface area contributed by atoms with Crippen molar-refractivity contribution in [2.75, 3.05) is 18.5 Å². The molecule has 1 amide bonds. The van der Waals surface area contributed by atoms with Crippen molar-refractivity contribution in [3.8, 4) is 33.3 Å². The van der Waals surface area contributed by atoms with Crippen LogP contribution in [0.4, 0.5) is 5.69 Å². The molecule has 7 heteroatoms. The van der Waals surface area contributed by atoms with Crippen LogP contribution in [-0.2, 0) is 0 Å². The van der Waals surface area contributed by atoms with Crippen molar-refractivity contribution in [1.82, 2.24) is 9.97 Å². The molecule has 6 nitrogen and oxygen atoms in total. The number of benzene rings is 2. The Labute approximate surface area is 203 Å². The van der Waals surface area contributed by atoms with E-state index in [1.54, 1.807) is 41.9 Å². The Morgan fingerprint density at radius 2 is 1.88 bits per heavy atom. The maximum absolute atomic E-state index is 13.0. The fraction of sp³-hybridized carbons (Fsp3) is 0.222. The second kappa shape index (κ2) is 11.4. The Balaban J connectivity index is 1.49. The van der Waals surface area contributed by atoms with Gasteiger partial charge in [-0.2, -0.15) is 0 Å². The van der Waals surface area contributed by atoms with Crippen molar-refractivity contribution in [3.05, 3.63) is 77.9 Å². The molecule has 0 radical (unpaired) electrons. The first-order valence-electron chi connectivity index (χ1n) is 11.3. The minimum Gasteiger partial charge on any atom is -0.490 e. The van der Waals surface area contributed by atoms with Gasteiger partial charge in [0, 0.05) is 40.2 Å². The molecule has 0 saturated carbocycles. The van der Waals surface area contributed by atoms with Crippen molar-refractivity contribution < 1.29 is 14.3 Å². The number of rotatable bonds is 10. The van der Waals surface area contributed by atoms with E-state index in [-0.39, 0.29) is 5.91 Å². The van der Waals surface area contributed by atoms with Gasteiger partial charge < -0.3 is 14.8 Å². The highest BCUT2D eigenvalue weighted by atomic mass is 32.1. The molecule has 2 heterocycles. The second-order valence-electron chi connectivity index (χ2n) is 7.61. The molecule has 4 rings (SSSR count). The van der Waals surface area contributed by atoms with E-state index < -0.39 is 0 Å². The standard InChI is InChI=1S/C27H27N3O3S/c1-3-5-14-33-24-12-11-20(16-25(24)32-4-2)26(31)29-22-10-6-8-19(15-22)23-18-34-27(30-23)21-9-7-13-28-17-21/h6-13,15-18H,3-5,14H2,1-2H3,(H,29,31). The van der Waals surface area contributed by atoms with Crippen molar-refractivity contribution in [2.45, 2.75) is 26.7 Å². The largest absolute Gasteiger partial charge is 0.490 e. The Kier molecular flexibility index (Phi) is 7.88. The van der Waals surface area contributed by atoms with Gasteiger partial charge in [0.1, 0.15) is 5.01 Å². The van der Waals surface area contributed by atoms with Gasteiger partial charge in [-0.3, -0.25) is 9.78 Å². The van der Waals surface area contributed by atoms with Gasteiger partial charge in [0.25, 0.3) is 5.91 Å². The van der Waals surface area contributed by atoms with Crippen molar-refractivity contribution in [3.63, 3.8) is 0 Å². The van der Waals surface area contributed by atoms with E-state index in [0.717, 1.165) is 34.7 Å². The molecular formula is C27H27N3O3S. The molecule has 0 unspecified atom stereocenters. The van der Waals surface area contributed by atoms with Crippen LogP contribution < -0.4 is 14.8 Å². The van der Waals surface area contributed by atoms with Gasteiger partial charge in [0.2, 0.25) is 0 Å². The first-order valence-corrected chi connectivity index (χ1v) is 12.2. The number of nitrogens with zero attached hydrogens (tertiary/aromatic N) is 2. The lowest BCUT2D eigenvalue weighted by Crippen LogP contribution is -2.12. The number of carbonyl (C=O) groups excluding carboxylic acids is 1. The maximum atomic E-state index is 13.0. The van der Waals surface area contributed by atoms with Crippen LogP contribution in [0.25, 0.3) is 21.8 Å². The number of thiazole rings is 1. The Morgan fingerprint density at radius 3 is 2.68 bits per heavy atom. The molecule has 0 aliphatic heterocycles. The van der Waals surface area contributed by atoms with Gasteiger partial charge in [0.15, 0.2) is 11.5 Å². The van der Waals surface area contributed by atoms with Gasteiger partial charge >= 0.3 is 0 Å². The molecule has 34 heavy (non-hydrogen) atoms. The third-order valence-electron chi connectivity index (χ3n) is 5.09. The Bertz CT molecular complexity index is 1240. The van der Waals surface area contributed by atoms with Gasteiger partial charge in [-0.15, -0.1) is 11.3 Å². The maximum Gasteiger partial charge on any atom is 0.255 e. The van der Waals surface area contributed by atoms with E-state index in [0.29, 0.717) is 36.0 Å². The van der Waals surface area contributed by atoms with Crippen LogP contribution in [-0.4, -0.2) is 29.1 Å². The fourth-order valence-corrected chi connectivity index (χ4v) is 4.17. The minimum absolute atomic E-state index is 0.215. The zero-order valence-electron chi connectivity index (χ0n) is 19.3. The molecule has 0 aliphatic rings. The lowest BCUT2D eigenvalue weighted by Gasteiger charge is -2.13. The Morgan fingerprint density at radius 1 is 1.00 bits per heavy atom. The lowest BCUT2D eigenvalue weighted by atomic mass is 10.1. The molecule has 2 aromatic heterocycles. The van der Waals surface area contributed by atoms with E-state index in [2.05, 4.69) is 17.2 Å². The average Bonchev–Trinajstić information content (AvgIpc) is 3.36. The summed E-state index contributed by atoms with van der Waals surface area (Å²) in [5.41, 5.74) is 3.96. The van der Waals surface area contributed by atoms with Gasteiger partial charge in [-0.05, 0) is 55.8 Å². The molecule has 0 spiro atoms. The molecule has 0 atom stereocenters. The van der Waals surface area contributed by atoms with Gasteiger partial charge in [0.05, 0.1) is 18.9 Å². The zero-order chi connectivity index (χ0) is 23.8. The molecule has 0 saturated heterocycles. The molecule has 2 aromatic carbocycles. The minimum atomic E-state index is -0.215. The summed E-state index contributed by atoms with van der Waals surface area (Å²) in [7, 11) is 0. The molecular weight excluding hydrogens is 446 g/mol. The third-order valence-corrected chi connectivity index (χ3v) is 5.98. The summed E-state index contributed by atoms with van der Waals surface area (Å²) in [5, 5.41) is 5.89. The zero-order valence-corrected chi connectivity index (χ0v) is 20.1. The van der Waals surface area contributed by atoms with E-state index in [1.807, 2.05) is 48.7 Å².